The van der Waals surface area contributed by atoms with Crippen molar-refractivity contribution < 1.29 is 4.74 Å². The fourth-order valence-corrected chi connectivity index (χ4v) is 3.06. The maximum atomic E-state index is 5.23. The average molecular weight is 285 g/mol. The van der Waals surface area contributed by atoms with E-state index in [-0.39, 0.29) is 6.04 Å². The van der Waals surface area contributed by atoms with Gasteiger partial charge >= 0.3 is 0 Å². The lowest BCUT2D eigenvalue weighted by Gasteiger charge is -2.26. The molecule has 0 radical (unpaired) electrons. The van der Waals surface area contributed by atoms with E-state index in [0.717, 1.165) is 12.3 Å². The normalized spacial score (nSPS) is 20.2. The van der Waals surface area contributed by atoms with Crippen LogP contribution < -0.4 is 10.1 Å². The van der Waals surface area contributed by atoms with Crippen LogP contribution in [-0.4, -0.2) is 23.2 Å². The topological polar surface area (TPSA) is 39.1 Å². The Kier molecular flexibility index (Phi) is 4.25. The fourth-order valence-electron chi connectivity index (χ4n) is 3.06. The van der Waals surface area contributed by atoms with Gasteiger partial charge in [-0.2, -0.15) is 0 Å². The lowest BCUT2D eigenvalue weighted by molar-refractivity contribution is 0.389. The molecule has 1 N–H and O–H groups in total. The van der Waals surface area contributed by atoms with E-state index in [4.69, 9.17) is 4.74 Å². The number of ether oxygens (including phenoxy) is 1. The van der Waals surface area contributed by atoms with Gasteiger partial charge in [-0.1, -0.05) is 18.6 Å². The summed E-state index contributed by atoms with van der Waals surface area (Å²) in [4.78, 5) is 4.38. The Hall–Kier alpha value is -1.81. The van der Waals surface area contributed by atoms with Crippen LogP contribution in [0.2, 0.25) is 0 Å². The molecule has 4 nitrogen and oxygen atoms in total. The molecule has 0 spiro atoms. The summed E-state index contributed by atoms with van der Waals surface area (Å²) in [5, 5.41) is 3.61. The van der Waals surface area contributed by atoms with Crippen molar-refractivity contribution in [1.82, 2.24) is 14.9 Å². The van der Waals surface area contributed by atoms with Crippen LogP contribution in [0.15, 0.2) is 36.8 Å². The summed E-state index contributed by atoms with van der Waals surface area (Å²) < 4.78 is 7.51. The van der Waals surface area contributed by atoms with Crippen molar-refractivity contribution in [3.63, 3.8) is 0 Å². The molecule has 0 aliphatic carbocycles. The van der Waals surface area contributed by atoms with Gasteiger partial charge in [-0.25, -0.2) is 4.98 Å². The van der Waals surface area contributed by atoms with E-state index in [1.54, 1.807) is 7.11 Å². The first-order valence-electron chi connectivity index (χ1n) is 7.68. The minimum Gasteiger partial charge on any atom is -0.497 e. The monoisotopic (exact) mass is 285 g/mol. The third-order valence-corrected chi connectivity index (χ3v) is 4.38. The summed E-state index contributed by atoms with van der Waals surface area (Å²) in [5.41, 5.74) is 2.56. The van der Waals surface area contributed by atoms with Gasteiger partial charge in [-0.05, 0) is 44.0 Å². The summed E-state index contributed by atoms with van der Waals surface area (Å²) in [5.74, 6) is 0.894. The number of rotatable bonds is 4. The van der Waals surface area contributed by atoms with Crippen LogP contribution in [-0.2, 0) is 0 Å². The summed E-state index contributed by atoms with van der Waals surface area (Å²) in [6.07, 6.45) is 7.71. The third kappa shape index (κ3) is 2.95. The van der Waals surface area contributed by atoms with Gasteiger partial charge in [0.15, 0.2) is 0 Å². The van der Waals surface area contributed by atoms with Crippen LogP contribution in [0.5, 0.6) is 5.75 Å². The second kappa shape index (κ2) is 6.31. The van der Waals surface area contributed by atoms with Gasteiger partial charge in [-0.3, -0.25) is 0 Å². The number of nitrogens with zero attached hydrogens (tertiary/aromatic N) is 2. The van der Waals surface area contributed by atoms with Crippen molar-refractivity contribution in [2.75, 3.05) is 13.7 Å². The average Bonchev–Trinajstić information content (AvgIpc) is 3.04. The Balaban J connectivity index is 1.83. The predicted octanol–water partition coefficient (Wildman–Crippen LogP) is 3.32. The molecule has 21 heavy (non-hydrogen) atoms. The molecule has 2 heterocycles. The quantitative estimate of drug-likeness (QED) is 0.936. The number of hydrogen-bond acceptors (Lipinski definition) is 3. The van der Waals surface area contributed by atoms with Crippen LogP contribution in [0, 0.1) is 0 Å². The Bertz CT molecular complexity index is 570. The summed E-state index contributed by atoms with van der Waals surface area (Å²) in [7, 11) is 1.70. The first-order chi connectivity index (χ1) is 10.3. The molecule has 3 rings (SSSR count). The zero-order valence-electron chi connectivity index (χ0n) is 12.7. The zero-order valence-corrected chi connectivity index (χ0v) is 12.7. The van der Waals surface area contributed by atoms with Gasteiger partial charge in [0, 0.05) is 12.2 Å². The molecule has 0 amide bonds. The van der Waals surface area contributed by atoms with Crippen LogP contribution in [0.4, 0.5) is 0 Å². The summed E-state index contributed by atoms with van der Waals surface area (Å²) >= 11 is 0. The van der Waals surface area contributed by atoms with Crippen molar-refractivity contribution in [3.8, 4) is 5.75 Å². The SMILES string of the molecule is COc1ccc(C(C)n2cncc2C2CCCCN2)cc1. The minimum absolute atomic E-state index is 0.275. The first-order valence-corrected chi connectivity index (χ1v) is 7.68. The van der Waals surface area contributed by atoms with Crippen molar-refractivity contribution in [3.05, 3.63) is 48.0 Å². The molecule has 0 bridgehead atoms. The highest BCUT2D eigenvalue weighted by Crippen LogP contribution is 2.28. The second-order valence-electron chi connectivity index (χ2n) is 5.68. The highest BCUT2D eigenvalue weighted by Gasteiger charge is 2.21. The zero-order chi connectivity index (χ0) is 14.7. The van der Waals surface area contributed by atoms with E-state index in [0.29, 0.717) is 6.04 Å². The summed E-state index contributed by atoms with van der Waals surface area (Å²) in [6, 6.07) is 8.99. The van der Waals surface area contributed by atoms with Gasteiger partial charge in [0.25, 0.3) is 0 Å². The Morgan fingerprint density at radius 2 is 2.10 bits per heavy atom. The molecule has 2 unspecified atom stereocenters. The molecule has 2 aromatic rings. The molecule has 4 heteroatoms. The van der Waals surface area contributed by atoms with Crippen LogP contribution >= 0.6 is 0 Å². The molecule has 1 aliphatic rings. The fraction of sp³-hybridized carbons (Fsp3) is 0.471. The Labute approximate surface area is 126 Å². The molecular weight excluding hydrogens is 262 g/mol. The van der Waals surface area contributed by atoms with Crippen molar-refractivity contribution in [1.29, 1.82) is 0 Å². The molecule has 1 fully saturated rings. The maximum Gasteiger partial charge on any atom is 0.118 e. The smallest absolute Gasteiger partial charge is 0.118 e. The van der Waals surface area contributed by atoms with Crippen LogP contribution in [0.3, 0.4) is 0 Å². The van der Waals surface area contributed by atoms with E-state index in [9.17, 15) is 0 Å². The highest BCUT2D eigenvalue weighted by atomic mass is 16.5. The van der Waals surface area contributed by atoms with E-state index in [1.807, 2.05) is 24.7 Å². The van der Waals surface area contributed by atoms with Crippen molar-refractivity contribution in [2.24, 2.45) is 0 Å². The van der Waals surface area contributed by atoms with Gasteiger partial charge in [0.1, 0.15) is 5.75 Å². The number of benzene rings is 1. The van der Waals surface area contributed by atoms with E-state index < -0.39 is 0 Å². The number of aromatic nitrogens is 2. The second-order valence-corrected chi connectivity index (χ2v) is 5.68. The Morgan fingerprint density at radius 1 is 1.29 bits per heavy atom. The predicted molar refractivity (Wildman–Crippen MR) is 83.6 cm³/mol. The van der Waals surface area contributed by atoms with Crippen LogP contribution in [0.1, 0.15) is 49.5 Å². The Morgan fingerprint density at radius 3 is 2.76 bits per heavy atom. The van der Waals surface area contributed by atoms with E-state index >= 15 is 0 Å². The van der Waals surface area contributed by atoms with E-state index in [2.05, 4.69) is 33.9 Å². The lowest BCUT2D eigenvalue weighted by Crippen LogP contribution is -2.29. The molecule has 0 saturated carbocycles. The molecule has 112 valence electrons. The number of nitrogens with one attached hydrogen (secondary N) is 1. The van der Waals surface area contributed by atoms with Gasteiger partial charge in [0.2, 0.25) is 0 Å². The third-order valence-electron chi connectivity index (χ3n) is 4.38. The van der Waals surface area contributed by atoms with Gasteiger partial charge in [0.05, 0.1) is 25.2 Å². The molecule has 1 aromatic heterocycles. The van der Waals surface area contributed by atoms with Gasteiger partial charge < -0.3 is 14.6 Å². The highest BCUT2D eigenvalue weighted by molar-refractivity contribution is 5.29. The lowest BCUT2D eigenvalue weighted by atomic mass is 10.0. The van der Waals surface area contributed by atoms with Crippen molar-refractivity contribution in [2.45, 2.75) is 38.3 Å². The van der Waals surface area contributed by atoms with Crippen LogP contribution in [0.25, 0.3) is 0 Å². The number of piperidine rings is 1. The number of imidazole rings is 1. The molecule has 1 aliphatic heterocycles. The molecule has 2 atom stereocenters. The minimum atomic E-state index is 0.275. The number of hydrogen-bond donors (Lipinski definition) is 1. The molecule has 1 saturated heterocycles. The summed E-state index contributed by atoms with van der Waals surface area (Å²) in [6.45, 7) is 3.32. The largest absolute Gasteiger partial charge is 0.497 e. The molecular formula is C17H23N3O. The first kappa shape index (κ1) is 14.1. The number of methoxy groups -OCH3 is 1. The van der Waals surface area contributed by atoms with Crippen molar-refractivity contribution >= 4 is 0 Å². The standard InChI is InChI=1S/C17H23N3O/c1-13(14-6-8-15(21-2)9-7-14)20-12-18-11-17(20)16-5-3-4-10-19-16/h6-9,11-13,16,19H,3-5,10H2,1-2H3. The molecule has 1 aromatic carbocycles. The van der Waals surface area contributed by atoms with Gasteiger partial charge in [-0.15, -0.1) is 0 Å². The maximum absolute atomic E-state index is 5.23. The van der Waals surface area contributed by atoms with E-state index in [1.165, 1.54) is 30.5 Å².